The Morgan fingerprint density at radius 1 is 1.28 bits per heavy atom. The Morgan fingerprint density at radius 3 is 2.56 bits per heavy atom. The van der Waals surface area contributed by atoms with Crippen LogP contribution >= 0.6 is 0 Å². The lowest BCUT2D eigenvalue weighted by molar-refractivity contribution is -0.161. The smallest absolute Gasteiger partial charge is 0.328 e. The number of amides is 1. The van der Waals surface area contributed by atoms with Crippen LogP contribution in [0.5, 0.6) is 0 Å². The average Bonchev–Trinajstić information content (AvgIpc) is 3.00. The molecule has 134 valence electrons. The molecule has 2 heterocycles. The van der Waals surface area contributed by atoms with Crippen molar-refractivity contribution in [1.29, 1.82) is 0 Å². The number of rotatable bonds is 4. The van der Waals surface area contributed by atoms with E-state index in [1.807, 2.05) is 30.3 Å². The highest BCUT2D eigenvalue weighted by molar-refractivity contribution is 5.95. The van der Waals surface area contributed by atoms with Gasteiger partial charge in [-0.15, -0.1) is 0 Å². The van der Waals surface area contributed by atoms with Gasteiger partial charge in [0.2, 0.25) is 5.91 Å². The first-order valence-electron chi connectivity index (χ1n) is 8.71. The van der Waals surface area contributed by atoms with Gasteiger partial charge in [0, 0.05) is 32.0 Å². The van der Waals surface area contributed by atoms with E-state index in [-0.39, 0.29) is 12.5 Å². The average molecular weight is 344 g/mol. The topological polar surface area (TPSA) is 70.1 Å². The van der Waals surface area contributed by atoms with E-state index in [0.29, 0.717) is 12.8 Å². The molecule has 6 heteroatoms. The van der Waals surface area contributed by atoms with Gasteiger partial charge in [0.05, 0.1) is 6.61 Å². The fraction of sp³-hybridized carbons (Fsp3) is 0.474. The molecular formula is C19H24N2O4. The summed E-state index contributed by atoms with van der Waals surface area (Å²) in [6, 6.07) is 8.56. The molecule has 0 aromatic heterocycles. The molecule has 0 radical (unpaired) electrons. The zero-order valence-electron chi connectivity index (χ0n) is 14.4. The highest BCUT2D eigenvalue weighted by Gasteiger charge is 2.53. The van der Waals surface area contributed by atoms with Crippen LogP contribution in [0.1, 0.15) is 25.3 Å². The van der Waals surface area contributed by atoms with Crippen LogP contribution in [0, 0.1) is 0 Å². The molecule has 0 bridgehead atoms. The third kappa shape index (κ3) is 3.60. The normalized spacial score (nSPS) is 23.4. The van der Waals surface area contributed by atoms with Crippen molar-refractivity contribution < 1.29 is 19.4 Å². The maximum atomic E-state index is 12.8. The van der Waals surface area contributed by atoms with Crippen LogP contribution in [-0.4, -0.2) is 64.8 Å². The number of carbonyl (C=O) groups is 2. The molecule has 1 aromatic rings. The lowest BCUT2D eigenvalue weighted by Gasteiger charge is -2.43. The maximum Gasteiger partial charge on any atom is 0.328 e. The summed E-state index contributed by atoms with van der Waals surface area (Å²) >= 11 is 0. The second kappa shape index (κ2) is 7.37. The number of hydrogen-bond donors (Lipinski definition) is 1. The summed E-state index contributed by atoms with van der Waals surface area (Å²) in [5.74, 6) is -1.32. The summed E-state index contributed by atoms with van der Waals surface area (Å²) in [6.07, 6.45) is 4.44. The van der Waals surface area contributed by atoms with Crippen molar-refractivity contribution in [2.24, 2.45) is 0 Å². The quantitative estimate of drug-likeness (QED) is 0.844. The molecule has 1 unspecified atom stereocenters. The number of carboxylic acids is 1. The largest absolute Gasteiger partial charge is 0.480 e. The Hall–Kier alpha value is -2.18. The molecule has 25 heavy (non-hydrogen) atoms. The van der Waals surface area contributed by atoms with E-state index in [2.05, 4.69) is 11.8 Å². The molecule has 1 amide bonds. The molecule has 2 fully saturated rings. The molecule has 1 spiro atoms. The highest BCUT2D eigenvalue weighted by Crippen LogP contribution is 2.37. The van der Waals surface area contributed by atoms with E-state index in [1.54, 1.807) is 6.08 Å². The molecule has 0 saturated carbocycles. The number of benzene rings is 1. The van der Waals surface area contributed by atoms with Gasteiger partial charge in [-0.2, -0.15) is 0 Å². The van der Waals surface area contributed by atoms with Gasteiger partial charge in [-0.1, -0.05) is 37.3 Å². The molecular weight excluding hydrogens is 320 g/mol. The van der Waals surface area contributed by atoms with Crippen LogP contribution in [-0.2, 0) is 14.3 Å². The summed E-state index contributed by atoms with van der Waals surface area (Å²) in [5.41, 5.74) is 0.102. The lowest BCUT2D eigenvalue weighted by Crippen LogP contribution is -2.57. The molecule has 0 aliphatic carbocycles. The van der Waals surface area contributed by atoms with Crippen LogP contribution < -0.4 is 0 Å². The maximum absolute atomic E-state index is 12.8. The Balaban J connectivity index is 1.81. The van der Waals surface area contributed by atoms with Gasteiger partial charge >= 0.3 is 5.97 Å². The van der Waals surface area contributed by atoms with Gasteiger partial charge in [0.1, 0.15) is 5.72 Å². The minimum absolute atomic E-state index is 0.0480. The minimum atomic E-state index is -1.02. The van der Waals surface area contributed by atoms with Crippen LogP contribution in [0.4, 0.5) is 0 Å². The summed E-state index contributed by atoms with van der Waals surface area (Å²) in [4.78, 5) is 28.2. The monoisotopic (exact) mass is 344 g/mol. The Bertz CT molecular complexity index is 651. The molecule has 6 nitrogen and oxygen atoms in total. The van der Waals surface area contributed by atoms with Crippen molar-refractivity contribution >= 4 is 18.0 Å². The second-order valence-electron chi connectivity index (χ2n) is 6.50. The van der Waals surface area contributed by atoms with Crippen LogP contribution in [0.15, 0.2) is 36.4 Å². The molecule has 1 N–H and O–H groups in total. The molecule has 1 aromatic carbocycles. The number of carbonyl (C=O) groups excluding carboxylic acids is 1. The first kappa shape index (κ1) is 17.6. The van der Waals surface area contributed by atoms with Crippen molar-refractivity contribution in [1.82, 2.24) is 9.80 Å². The van der Waals surface area contributed by atoms with Crippen LogP contribution in [0.3, 0.4) is 0 Å². The minimum Gasteiger partial charge on any atom is -0.480 e. The van der Waals surface area contributed by atoms with Crippen molar-refractivity contribution in [2.45, 2.75) is 31.5 Å². The van der Waals surface area contributed by atoms with E-state index in [9.17, 15) is 14.7 Å². The second-order valence-corrected chi connectivity index (χ2v) is 6.50. The van der Waals surface area contributed by atoms with Crippen molar-refractivity contribution in [3.63, 3.8) is 0 Å². The Morgan fingerprint density at radius 2 is 1.96 bits per heavy atom. The predicted octanol–water partition coefficient (Wildman–Crippen LogP) is 1.82. The van der Waals surface area contributed by atoms with Gasteiger partial charge < -0.3 is 14.7 Å². The lowest BCUT2D eigenvalue weighted by atomic mass is 9.97. The molecule has 2 aliphatic rings. The first-order chi connectivity index (χ1) is 12.1. The third-order valence-electron chi connectivity index (χ3n) is 5.09. The SMILES string of the molecule is CCN1CCC2(CC1)OCC(C(=O)O)N2C(=O)C=Cc1ccccc1. The molecule has 3 rings (SSSR count). The molecule has 2 aliphatic heterocycles. The van der Waals surface area contributed by atoms with E-state index < -0.39 is 17.7 Å². The number of piperidine rings is 1. The van der Waals surface area contributed by atoms with Gasteiger partial charge in [0.25, 0.3) is 0 Å². The van der Waals surface area contributed by atoms with E-state index in [1.165, 1.54) is 11.0 Å². The number of ether oxygens (including phenoxy) is 1. The number of aliphatic carboxylic acids is 1. The van der Waals surface area contributed by atoms with E-state index in [0.717, 1.165) is 25.2 Å². The zero-order chi connectivity index (χ0) is 17.9. The predicted molar refractivity (Wildman–Crippen MR) is 93.8 cm³/mol. The number of hydrogen-bond acceptors (Lipinski definition) is 4. The van der Waals surface area contributed by atoms with Crippen LogP contribution in [0.25, 0.3) is 6.08 Å². The van der Waals surface area contributed by atoms with Crippen LogP contribution in [0.2, 0.25) is 0 Å². The third-order valence-corrected chi connectivity index (χ3v) is 5.09. The highest BCUT2D eigenvalue weighted by atomic mass is 16.5. The fourth-order valence-electron chi connectivity index (χ4n) is 3.61. The zero-order valence-corrected chi connectivity index (χ0v) is 14.4. The molecule has 1 atom stereocenters. The summed E-state index contributed by atoms with van der Waals surface area (Å²) < 4.78 is 5.90. The molecule has 2 saturated heterocycles. The fourth-order valence-corrected chi connectivity index (χ4v) is 3.61. The number of nitrogens with zero attached hydrogens (tertiary/aromatic N) is 2. The van der Waals surface area contributed by atoms with Gasteiger partial charge in [-0.25, -0.2) is 4.79 Å². The van der Waals surface area contributed by atoms with Crippen molar-refractivity contribution in [2.75, 3.05) is 26.2 Å². The standard InChI is InChI=1S/C19H24N2O4/c1-2-20-12-10-19(11-13-20)21(16(14-25-19)18(23)24)17(22)9-8-15-6-4-3-5-7-15/h3-9,16H,2,10-14H2,1H3,(H,23,24). The Labute approximate surface area is 147 Å². The van der Waals surface area contributed by atoms with Gasteiger partial charge in [-0.3, -0.25) is 9.69 Å². The van der Waals surface area contributed by atoms with E-state index in [4.69, 9.17) is 4.74 Å². The number of carboxylic acid groups (broad SMARTS) is 1. The number of likely N-dealkylation sites (tertiary alicyclic amines) is 1. The van der Waals surface area contributed by atoms with E-state index >= 15 is 0 Å². The Kier molecular flexibility index (Phi) is 5.20. The van der Waals surface area contributed by atoms with Gasteiger partial charge in [-0.05, 0) is 18.2 Å². The summed E-state index contributed by atoms with van der Waals surface area (Å²) in [5, 5.41) is 9.52. The first-order valence-corrected chi connectivity index (χ1v) is 8.71. The van der Waals surface area contributed by atoms with Gasteiger partial charge in [0.15, 0.2) is 6.04 Å². The summed E-state index contributed by atoms with van der Waals surface area (Å²) in [6.45, 7) is 4.69. The van der Waals surface area contributed by atoms with Crippen molar-refractivity contribution in [3.8, 4) is 0 Å². The van der Waals surface area contributed by atoms with Crippen molar-refractivity contribution in [3.05, 3.63) is 42.0 Å². The summed E-state index contributed by atoms with van der Waals surface area (Å²) in [7, 11) is 0.